The van der Waals surface area contributed by atoms with Crippen LogP contribution in [0.2, 0.25) is 0 Å². The molecule has 0 aliphatic carbocycles. The number of nitrogens with zero attached hydrogens (tertiary/aromatic N) is 1. The highest BCUT2D eigenvalue weighted by Crippen LogP contribution is 2.13. The highest BCUT2D eigenvalue weighted by Gasteiger charge is 2.21. The minimum atomic E-state index is -1.09. The van der Waals surface area contributed by atoms with Gasteiger partial charge in [0.2, 0.25) is 0 Å². The molecule has 0 aromatic heterocycles. The van der Waals surface area contributed by atoms with Gasteiger partial charge in [0.1, 0.15) is 0 Å². The van der Waals surface area contributed by atoms with Crippen LogP contribution in [0.3, 0.4) is 0 Å². The van der Waals surface area contributed by atoms with E-state index in [0.29, 0.717) is 12.6 Å². The maximum Gasteiger partial charge on any atom is 0.334 e. The summed E-state index contributed by atoms with van der Waals surface area (Å²) in [5, 5.41) is 13.9. The second-order valence-electron chi connectivity index (χ2n) is 4.43. The number of aliphatic carboxylic acids is 1. The average Bonchev–Trinajstić information content (AvgIpc) is 2.72. The van der Waals surface area contributed by atoms with Crippen molar-refractivity contribution >= 4 is 12.0 Å². The molecule has 1 aliphatic heterocycles. The molecule has 1 heterocycles. The lowest BCUT2D eigenvalue weighted by Gasteiger charge is -2.20. The van der Waals surface area contributed by atoms with Crippen LogP contribution in [0.5, 0.6) is 0 Å². The van der Waals surface area contributed by atoms with Crippen LogP contribution < -0.4 is 10.6 Å². The number of carboxylic acid groups (broad SMARTS) is 1. The number of ether oxygens (including phenoxy) is 1. The summed E-state index contributed by atoms with van der Waals surface area (Å²) >= 11 is 0. The molecule has 7 heteroatoms. The van der Waals surface area contributed by atoms with Gasteiger partial charge in [0.25, 0.3) is 0 Å². The number of carbonyl (C=O) groups excluding carboxylic acids is 1. The average molecular weight is 259 g/mol. The van der Waals surface area contributed by atoms with Crippen molar-refractivity contribution in [1.82, 2.24) is 15.5 Å². The van der Waals surface area contributed by atoms with Crippen molar-refractivity contribution in [2.75, 3.05) is 33.8 Å². The van der Waals surface area contributed by atoms with E-state index in [4.69, 9.17) is 9.84 Å². The number of hydrogen-bond acceptors (Lipinski definition) is 4. The fourth-order valence-electron chi connectivity index (χ4n) is 1.97. The third-order valence-corrected chi connectivity index (χ3v) is 3.18. The summed E-state index contributed by atoms with van der Waals surface area (Å²) in [5.41, 5.74) is 0. The number of carbonyl (C=O) groups is 2. The van der Waals surface area contributed by atoms with Gasteiger partial charge in [-0.2, -0.15) is 0 Å². The molecule has 0 aromatic carbocycles. The molecule has 18 heavy (non-hydrogen) atoms. The van der Waals surface area contributed by atoms with Crippen molar-refractivity contribution in [3.05, 3.63) is 0 Å². The zero-order valence-electron chi connectivity index (χ0n) is 10.8. The highest BCUT2D eigenvalue weighted by atomic mass is 16.5. The number of carboxylic acids is 1. The topological polar surface area (TPSA) is 90.9 Å². The van der Waals surface area contributed by atoms with E-state index in [1.807, 2.05) is 7.05 Å². The second-order valence-corrected chi connectivity index (χ2v) is 4.43. The summed E-state index contributed by atoms with van der Waals surface area (Å²) in [6, 6.07) is 0.00652. The molecular weight excluding hydrogens is 238 g/mol. The van der Waals surface area contributed by atoms with Crippen molar-refractivity contribution in [2.24, 2.45) is 0 Å². The van der Waals surface area contributed by atoms with Crippen LogP contribution in [0, 0.1) is 0 Å². The molecule has 0 saturated carbocycles. The summed E-state index contributed by atoms with van der Waals surface area (Å²) in [5.74, 6) is -1.09. The SMILES string of the molecule is COC(CNC(=O)NCC1CCCN1C)C(=O)O. The van der Waals surface area contributed by atoms with E-state index in [-0.39, 0.29) is 12.6 Å². The van der Waals surface area contributed by atoms with E-state index in [9.17, 15) is 9.59 Å². The van der Waals surface area contributed by atoms with Crippen molar-refractivity contribution in [1.29, 1.82) is 0 Å². The zero-order chi connectivity index (χ0) is 13.5. The molecule has 2 unspecified atom stereocenters. The van der Waals surface area contributed by atoms with E-state index < -0.39 is 12.1 Å². The minimum absolute atomic E-state index is 0.0435. The summed E-state index contributed by atoms with van der Waals surface area (Å²) in [6.07, 6.45) is 1.21. The van der Waals surface area contributed by atoms with Crippen molar-refractivity contribution in [2.45, 2.75) is 25.0 Å². The molecule has 2 atom stereocenters. The van der Waals surface area contributed by atoms with Crippen molar-refractivity contribution < 1.29 is 19.4 Å². The molecule has 1 fully saturated rings. The normalized spacial score (nSPS) is 21.6. The van der Waals surface area contributed by atoms with E-state index in [1.54, 1.807) is 0 Å². The van der Waals surface area contributed by atoms with Crippen LogP contribution in [0.25, 0.3) is 0 Å². The van der Waals surface area contributed by atoms with Crippen LogP contribution in [-0.2, 0) is 9.53 Å². The Morgan fingerprint density at radius 1 is 1.50 bits per heavy atom. The standard InChI is InChI=1S/C11H21N3O4/c1-14-5-3-4-8(14)6-12-11(17)13-7-9(18-2)10(15)16/h8-9H,3-7H2,1-2H3,(H,15,16)(H2,12,13,17). The van der Waals surface area contributed by atoms with Gasteiger partial charge in [-0.1, -0.05) is 0 Å². The Kier molecular flexibility index (Phi) is 5.87. The lowest BCUT2D eigenvalue weighted by atomic mass is 10.2. The zero-order valence-corrected chi connectivity index (χ0v) is 10.8. The molecule has 104 valence electrons. The quantitative estimate of drug-likeness (QED) is 0.597. The Morgan fingerprint density at radius 3 is 2.72 bits per heavy atom. The highest BCUT2D eigenvalue weighted by molar-refractivity contribution is 5.76. The van der Waals surface area contributed by atoms with Gasteiger partial charge >= 0.3 is 12.0 Å². The largest absolute Gasteiger partial charge is 0.479 e. The monoisotopic (exact) mass is 259 g/mol. The first kappa shape index (κ1) is 14.7. The fourth-order valence-corrected chi connectivity index (χ4v) is 1.97. The second kappa shape index (κ2) is 7.17. The molecule has 1 rings (SSSR count). The molecule has 7 nitrogen and oxygen atoms in total. The van der Waals surface area contributed by atoms with E-state index in [0.717, 1.165) is 19.4 Å². The fraction of sp³-hybridized carbons (Fsp3) is 0.818. The number of rotatable bonds is 6. The molecule has 3 N–H and O–H groups in total. The summed E-state index contributed by atoms with van der Waals surface area (Å²) in [4.78, 5) is 24.3. The summed E-state index contributed by atoms with van der Waals surface area (Å²) in [7, 11) is 3.33. The van der Waals surface area contributed by atoms with Crippen LogP contribution in [0.4, 0.5) is 4.79 Å². The summed E-state index contributed by atoms with van der Waals surface area (Å²) in [6.45, 7) is 1.59. The molecule has 0 bridgehead atoms. The van der Waals surface area contributed by atoms with Crippen LogP contribution in [0.15, 0.2) is 0 Å². The molecule has 0 radical (unpaired) electrons. The smallest absolute Gasteiger partial charge is 0.334 e. The molecule has 2 amide bonds. The Labute approximate surface area is 106 Å². The van der Waals surface area contributed by atoms with Crippen LogP contribution in [0.1, 0.15) is 12.8 Å². The van der Waals surface area contributed by atoms with Gasteiger partial charge in [-0.15, -0.1) is 0 Å². The molecule has 0 spiro atoms. The summed E-state index contributed by atoms with van der Waals surface area (Å²) < 4.78 is 4.71. The van der Waals surface area contributed by atoms with Gasteiger partial charge in [-0.25, -0.2) is 9.59 Å². The first-order valence-corrected chi connectivity index (χ1v) is 6.02. The Balaban J connectivity index is 2.19. The number of urea groups is 1. The number of likely N-dealkylation sites (N-methyl/N-ethyl adjacent to an activating group) is 1. The van der Waals surface area contributed by atoms with Crippen molar-refractivity contribution in [3.63, 3.8) is 0 Å². The molecule has 1 aliphatic rings. The number of hydrogen-bond donors (Lipinski definition) is 3. The first-order valence-electron chi connectivity index (χ1n) is 6.02. The molecule has 1 saturated heterocycles. The lowest BCUT2D eigenvalue weighted by Crippen LogP contribution is -2.46. The van der Waals surface area contributed by atoms with Gasteiger partial charge in [0, 0.05) is 19.7 Å². The number of nitrogens with one attached hydrogen (secondary N) is 2. The maximum absolute atomic E-state index is 11.5. The maximum atomic E-state index is 11.5. The van der Waals surface area contributed by atoms with Gasteiger partial charge in [-0.05, 0) is 26.4 Å². The van der Waals surface area contributed by atoms with Gasteiger partial charge in [0.15, 0.2) is 6.10 Å². The van der Waals surface area contributed by atoms with E-state index in [1.165, 1.54) is 7.11 Å². The molecular formula is C11H21N3O4. The number of likely N-dealkylation sites (tertiary alicyclic amines) is 1. The number of methoxy groups -OCH3 is 1. The van der Waals surface area contributed by atoms with Crippen LogP contribution in [-0.4, -0.2) is 67.9 Å². The predicted molar refractivity (Wildman–Crippen MR) is 65.5 cm³/mol. The van der Waals surface area contributed by atoms with Gasteiger partial charge in [0.05, 0.1) is 6.54 Å². The van der Waals surface area contributed by atoms with E-state index >= 15 is 0 Å². The van der Waals surface area contributed by atoms with E-state index in [2.05, 4.69) is 15.5 Å². The third kappa shape index (κ3) is 4.50. The molecule has 0 aromatic rings. The first-order chi connectivity index (χ1) is 8.54. The minimum Gasteiger partial charge on any atom is -0.479 e. The van der Waals surface area contributed by atoms with Crippen molar-refractivity contribution in [3.8, 4) is 0 Å². The lowest BCUT2D eigenvalue weighted by molar-refractivity contribution is -0.147. The predicted octanol–water partition coefficient (Wildman–Crippen LogP) is -0.521. The Hall–Kier alpha value is -1.34. The Bertz CT molecular complexity index is 298. The van der Waals surface area contributed by atoms with Gasteiger partial charge < -0.3 is 25.4 Å². The Morgan fingerprint density at radius 2 is 2.22 bits per heavy atom. The third-order valence-electron chi connectivity index (χ3n) is 3.18. The number of amides is 2. The van der Waals surface area contributed by atoms with Gasteiger partial charge in [-0.3, -0.25) is 0 Å². The van der Waals surface area contributed by atoms with Crippen LogP contribution >= 0.6 is 0 Å².